The summed E-state index contributed by atoms with van der Waals surface area (Å²) in [5, 5.41) is 1.71. The molecule has 0 aliphatic heterocycles. The minimum absolute atomic E-state index is 0.306. The van der Waals surface area contributed by atoms with Gasteiger partial charge in [-0.1, -0.05) is 23.7 Å². The predicted molar refractivity (Wildman–Crippen MR) is 88.2 cm³/mol. The molecular weight excluding hydrogens is 304 g/mol. The van der Waals surface area contributed by atoms with Crippen LogP contribution in [0.5, 0.6) is 0 Å². The predicted octanol–water partition coefficient (Wildman–Crippen LogP) is 5.05. The maximum absolute atomic E-state index is 11.7. The van der Waals surface area contributed by atoms with Crippen LogP contribution in [0.2, 0.25) is 5.02 Å². The van der Waals surface area contributed by atoms with Crippen molar-refractivity contribution in [1.82, 2.24) is 0 Å². The fraction of sp³-hybridized carbons (Fsp3) is 0.118. The van der Waals surface area contributed by atoms with Crippen LogP contribution in [0.4, 0.5) is 0 Å². The van der Waals surface area contributed by atoms with Crippen molar-refractivity contribution in [3.8, 4) is 0 Å². The number of benzene rings is 2. The first-order chi connectivity index (χ1) is 10.1. The van der Waals surface area contributed by atoms with Crippen LogP contribution in [0.25, 0.3) is 11.0 Å². The van der Waals surface area contributed by atoms with E-state index in [2.05, 4.69) is 0 Å². The molecule has 1 heterocycles. The zero-order valence-corrected chi connectivity index (χ0v) is 13.0. The first-order valence-corrected chi connectivity index (χ1v) is 7.90. The molecule has 21 heavy (non-hydrogen) atoms. The summed E-state index contributed by atoms with van der Waals surface area (Å²) >= 11 is 7.55. The standard InChI is InChI=1S/C17H13ClO2S/c1-11-2-7-15-12(9-17(19)20-16(15)8-11)10-21-14-5-3-13(18)4-6-14/h2-9H,10H2,1H3. The third kappa shape index (κ3) is 3.31. The van der Waals surface area contributed by atoms with Crippen LogP contribution < -0.4 is 5.63 Å². The number of halogens is 1. The Kier molecular flexibility index (Phi) is 4.04. The largest absolute Gasteiger partial charge is 0.423 e. The third-order valence-electron chi connectivity index (χ3n) is 3.19. The van der Waals surface area contributed by atoms with E-state index in [-0.39, 0.29) is 5.63 Å². The number of hydrogen-bond donors (Lipinski definition) is 0. The van der Waals surface area contributed by atoms with E-state index in [1.165, 1.54) is 0 Å². The van der Waals surface area contributed by atoms with Crippen LogP contribution in [-0.2, 0) is 5.75 Å². The lowest BCUT2D eigenvalue weighted by Crippen LogP contribution is -2.00. The van der Waals surface area contributed by atoms with Gasteiger partial charge < -0.3 is 4.42 Å². The van der Waals surface area contributed by atoms with Gasteiger partial charge in [-0.25, -0.2) is 4.79 Å². The molecule has 106 valence electrons. The second-order valence-corrected chi connectivity index (χ2v) is 6.32. The van der Waals surface area contributed by atoms with Crippen molar-refractivity contribution < 1.29 is 4.42 Å². The van der Waals surface area contributed by atoms with E-state index in [0.29, 0.717) is 11.3 Å². The fourth-order valence-corrected chi connectivity index (χ4v) is 3.16. The maximum Gasteiger partial charge on any atom is 0.336 e. The Morgan fingerprint density at radius 2 is 1.86 bits per heavy atom. The molecule has 0 N–H and O–H groups in total. The van der Waals surface area contributed by atoms with Gasteiger partial charge in [0.15, 0.2) is 0 Å². The van der Waals surface area contributed by atoms with Crippen molar-refractivity contribution in [2.75, 3.05) is 0 Å². The van der Waals surface area contributed by atoms with E-state index < -0.39 is 0 Å². The molecule has 2 aromatic carbocycles. The lowest BCUT2D eigenvalue weighted by molar-refractivity contribution is 0.559. The zero-order valence-electron chi connectivity index (χ0n) is 11.4. The van der Waals surface area contributed by atoms with E-state index in [4.69, 9.17) is 16.0 Å². The van der Waals surface area contributed by atoms with E-state index >= 15 is 0 Å². The van der Waals surface area contributed by atoms with Gasteiger partial charge in [0.2, 0.25) is 0 Å². The van der Waals surface area contributed by atoms with Gasteiger partial charge in [-0.15, -0.1) is 11.8 Å². The first-order valence-electron chi connectivity index (χ1n) is 6.53. The van der Waals surface area contributed by atoms with Gasteiger partial charge in [0.25, 0.3) is 0 Å². The summed E-state index contributed by atoms with van der Waals surface area (Å²) in [5.74, 6) is 0.715. The molecule has 4 heteroatoms. The van der Waals surface area contributed by atoms with Crippen molar-refractivity contribution >= 4 is 34.3 Å². The molecule has 0 bridgehead atoms. The minimum Gasteiger partial charge on any atom is -0.423 e. The van der Waals surface area contributed by atoms with Gasteiger partial charge >= 0.3 is 5.63 Å². The van der Waals surface area contributed by atoms with Crippen LogP contribution in [0.15, 0.2) is 62.6 Å². The van der Waals surface area contributed by atoms with Gasteiger partial charge in [0, 0.05) is 27.1 Å². The molecule has 1 aromatic heterocycles. The summed E-state index contributed by atoms with van der Waals surface area (Å²) in [5.41, 5.74) is 2.41. The first kappa shape index (κ1) is 14.2. The second-order valence-electron chi connectivity index (χ2n) is 4.83. The number of aryl methyl sites for hydroxylation is 1. The molecule has 0 atom stereocenters. The lowest BCUT2D eigenvalue weighted by atomic mass is 10.1. The average molecular weight is 317 g/mol. The van der Waals surface area contributed by atoms with Crippen molar-refractivity contribution in [2.45, 2.75) is 17.6 Å². The van der Waals surface area contributed by atoms with Crippen molar-refractivity contribution in [2.24, 2.45) is 0 Å². The maximum atomic E-state index is 11.7. The number of fused-ring (bicyclic) bond motifs is 1. The fourth-order valence-electron chi connectivity index (χ4n) is 2.15. The second kappa shape index (κ2) is 5.96. The Balaban J connectivity index is 1.93. The molecule has 2 nitrogen and oxygen atoms in total. The summed E-state index contributed by atoms with van der Waals surface area (Å²) in [7, 11) is 0. The lowest BCUT2D eigenvalue weighted by Gasteiger charge is -2.06. The normalized spacial score (nSPS) is 11.0. The summed E-state index contributed by atoms with van der Waals surface area (Å²) < 4.78 is 5.27. The Morgan fingerprint density at radius 1 is 1.10 bits per heavy atom. The van der Waals surface area contributed by atoms with Gasteiger partial charge in [-0.2, -0.15) is 0 Å². The van der Waals surface area contributed by atoms with E-state index in [0.717, 1.165) is 26.4 Å². The van der Waals surface area contributed by atoms with Crippen molar-refractivity contribution in [3.05, 3.63) is 75.1 Å². The average Bonchev–Trinajstić information content (AvgIpc) is 2.45. The molecule has 0 fully saturated rings. The van der Waals surface area contributed by atoms with Crippen LogP contribution in [0, 0.1) is 6.92 Å². The third-order valence-corrected chi connectivity index (χ3v) is 4.51. The molecule has 0 aliphatic carbocycles. The Morgan fingerprint density at radius 3 is 2.62 bits per heavy atom. The Hall–Kier alpha value is -1.71. The molecule has 0 saturated carbocycles. The quantitative estimate of drug-likeness (QED) is 0.500. The van der Waals surface area contributed by atoms with Crippen LogP contribution in [0.1, 0.15) is 11.1 Å². The van der Waals surface area contributed by atoms with Crippen LogP contribution in [0.3, 0.4) is 0 Å². The molecule has 0 amide bonds. The minimum atomic E-state index is -0.306. The topological polar surface area (TPSA) is 30.2 Å². The molecule has 0 radical (unpaired) electrons. The molecule has 0 spiro atoms. The van der Waals surface area contributed by atoms with Gasteiger partial charge in [0.05, 0.1) is 0 Å². The van der Waals surface area contributed by atoms with Gasteiger partial charge in [-0.3, -0.25) is 0 Å². The Bertz CT molecular complexity index is 838. The smallest absolute Gasteiger partial charge is 0.336 e. The molecule has 0 aliphatic rings. The summed E-state index contributed by atoms with van der Waals surface area (Å²) in [6, 6.07) is 15.2. The molecule has 0 saturated heterocycles. The highest BCUT2D eigenvalue weighted by atomic mass is 35.5. The van der Waals surface area contributed by atoms with E-state index in [1.807, 2.05) is 49.4 Å². The summed E-state index contributed by atoms with van der Waals surface area (Å²) in [6.45, 7) is 1.98. The van der Waals surface area contributed by atoms with E-state index in [9.17, 15) is 4.79 Å². The molecule has 3 rings (SSSR count). The van der Waals surface area contributed by atoms with E-state index in [1.54, 1.807) is 17.8 Å². The summed E-state index contributed by atoms with van der Waals surface area (Å²) in [6.07, 6.45) is 0. The number of hydrogen-bond acceptors (Lipinski definition) is 3. The SMILES string of the molecule is Cc1ccc2c(CSc3ccc(Cl)cc3)cc(=O)oc2c1. The van der Waals surface area contributed by atoms with Crippen molar-refractivity contribution in [3.63, 3.8) is 0 Å². The highest BCUT2D eigenvalue weighted by Crippen LogP contribution is 2.27. The molecule has 0 unspecified atom stereocenters. The number of rotatable bonds is 3. The van der Waals surface area contributed by atoms with Crippen LogP contribution >= 0.6 is 23.4 Å². The Labute approximate surface area is 131 Å². The zero-order chi connectivity index (χ0) is 14.8. The molecule has 3 aromatic rings. The van der Waals surface area contributed by atoms with Crippen LogP contribution in [-0.4, -0.2) is 0 Å². The summed E-state index contributed by atoms with van der Waals surface area (Å²) in [4.78, 5) is 12.8. The van der Waals surface area contributed by atoms with Gasteiger partial charge in [-0.05, 0) is 48.4 Å². The molecular formula is C17H13ClO2S. The highest BCUT2D eigenvalue weighted by Gasteiger charge is 2.06. The monoisotopic (exact) mass is 316 g/mol. The number of thioether (sulfide) groups is 1. The highest BCUT2D eigenvalue weighted by molar-refractivity contribution is 7.98. The van der Waals surface area contributed by atoms with Crippen molar-refractivity contribution in [1.29, 1.82) is 0 Å². The van der Waals surface area contributed by atoms with Gasteiger partial charge in [0.1, 0.15) is 5.58 Å².